The van der Waals surface area contributed by atoms with Gasteiger partial charge in [0.25, 0.3) is 0 Å². The Morgan fingerprint density at radius 1 is 0.815 bits per heavy atom. The molecule has 0 aliphatic heterocycles. The highest BCUT2D eigenvalue weighted by Gasteiger charge is 2.42. The van der Waals surface area contributed by atoms with E-state index in [4.69, 9.17) is 9.47 Å². The Labute approximate surface area is 155 Å². The first-order valence-electron chi connectivity index (χ1n) is 8.76. The standard InChI is InChI=1S/C20H19NO6/c1-4-21-15(19(24)26-5-2)13-14(16(21)20(25)27-6-3)18(23)12-10-8-7-9-11(12)17(13)22/h7-10H,4-6H2,1-3H3. The van der Waals surface area contributed by atoms with Crippen molar-refractivity contribution >= 4 is 23.5 Å². The third-order valence-corrected chi connectivity index (χ3v) is 4.39. The molecule has 140 valence electrons. The lowest BCUT2D eigenvalue weighted by Gasteiger charge is -2.15. The van der Waals surface area contributed by atoms with Crippen LogP contribution in [0.2, 0.25) is 0 Å². The van der Waals surface area contributed by atoms with Gasteiger partial charge in [-0.15, -0.1) is 0 Å². The van der Waals surface area contributed by atoms with Gasteiger partial charge in [-0.25, -0.2) is 9.59 Å². The number of ketones is 2. The molecule has 0 saturated carbocycles. The highest BCUT2D eigenvalue weighted by atomic mass is 16.5. The Morgan fingerprint density at radius 2 is 1.22 bits per heavy atom. The first-order valence-corrected chi connectivity index (χ1v) is 8.76. The van der Waals surface area contributed by atoms with Crippen molar-refractivity contribution in [1.29, 1.82) is 0 Å². The Hall–Kier alpha value is -3.22. The summed E-state index contributed by atoms with van der Waals surface area (Å²) in [5.41, 5.74) is 0.0213. The van der Waals surface area contributed by atoms with Crippen molar-refractivity contribution < 1.29 is 28.7 Å². The molecule has 0 radical (unpaired) electrons. The van der Waals surface area contributed by atoms with Gasteiger partial charge < -0.3 is 14.0 Å². The molecule has 1 aliphatic carbocycles. The molecule has 7 nitrogen and oxygen atoms in total. The molecule has 0 unspecified atom stereocenters. The molecule has 0 atom stereocenters. The van der Waals surface area contributed by atoms with E-state index in [1.807, 2.05) is 0 Å². The van der Waals surface area contributed by atoms with Crippen molar-refractivity contribution in [2.45, 2.75) is 27.3 Å². The number of rotatable bonds is 5. The monoisotopic (exact) mass is 369 g/mol. The van der Waals surface area contributed by atoms with Crippen molar-refractivity contribution in [3.63, 3.8) is 0 Å². The van der Waals surface area contributed by atoms with Gasteiger partial charge in [-0.3, -0.25) is 9.59 Å². The summed E-state index contributed by atoms with van der Waals surface area (Å²) in [6, 6.07) is 6.34. The van der Waals surface area contributed by atoms with Gasteiger partial charge >= 0.3 is 11.9 Å². The summed E-state index contributed by atoms with van der Waals surface area (Å²) < 4.78 is 11.5. The van der Waals surface area contributed by atoms with Crippen molar-refractivity contribution in [2.75, 3.05) is 13.2 Å². The molecule has 1 aromatic carbocycles. The highest BCUT2D eigenvalue weighted by molar-refractivity contribution is 6.32. The molecule has 0 N–H and O–H groups in total. The Balaban J connectivity index is 2.38. The molecule has 7 heteroatoms. The fraction of sp³-hybridized carbons (Fsp3) is 0.300. The summed E-state index contributed by atoms with van der Waals surface area (Å²) in [7, 11) is 0. The SMILES string of the molecule is CCOC(=O)c1c2c(c(C(=O)OCC)n1CC)C(=O)c1ccccc1C2=O. The van der Waals surface area contributed by atoms with E-state index in [-0.39, 0.29) is 53.4 Å². The van der Waals surface area contributed by atoms with E-state index in [2.05, 4.69) is 0 Å². The number of carbonyl (C=O) groups is 4. The normalized spacial score (nSPS) is 12.4. The largest absolute Gasteiger partial charge is 0.461 e. The summed E-state index contributed by atoms with van der Waals surface area (Å²) in [5, 5.41) is 0. The molecule has 1 aromatic heterocycles. The van der Waals surface area contributed by atoms with E-state index in [9.17, 15) is 19.2 Å². The molecule has 1 heterocycles. The predicted octanol–water partition coefficient (Wildman–Crippen LogP) is 2.64. The molecule has 27 heavy (non-hydrogen) atoms. The smallest absolute Gasteiger partial charge is 0.355 e. The highest BCUT2D eigenvalue weighted by Crippen LogP contribution is 2.35. The average molecular weight is 369 g/mol. The van der Waals surface area contributed by atoms with Crippen LogP contribution in [-0.4, -0.2) is 41.3 Å². The van der Waals surface area contributed by atoms with Gasteiger partial charge in [0.05, 0.1) is 24.3 Å². The topological polar surface area (TPSA) is 91.7 Å². The third kappa shape index (κ3) is 2.75. The van der Waals surface area contributed by atoms with Crippen molar-refractivity contribution in [3.8, 4) is 0 Å². The van der Waals surface area contributed by atoms with Crippen LogP contribution in [0.5, 0.6) is 0 Å². The number of hydrogen-bond acceptors (Lipinski definition) is 6. The molecule has 0 bridgehead atoms. The lowest BCUT2D eigenvalue weighted by atomic mass is 9.84. The van der Waals surface area contributed by atoms with Gasteiger partial charge in [-0.2, -0.15) is 0 Å². The second-order valence-corrected chi connectivity index (χ2v) is 5.84. The van der Waals surface area contributed by atoms with E-state index in [1.54, 1.807) is 32.9 Å². The quantitative estimate of drug-likeness (QED) is 0.642. The van der Waals surface area contributed by atoms with Gasteiger partial charge in [0.2, 0.25) is 0 Å². The molecule has 1 aliphatic rings. The molecule has 0 saturated heterocycles. The van der Waals surface area contributed by atoms with Gasteiger partial charge in [0.1, 0.15) is 11.4 Å². The van der Waals surface area contributed by atoms with Gasteiger partial charge in [-0.05, 0) is 20.8 Å². The molecule has 2 aromatic rings. The van der Waals surface area contributed by atoms with Crippen LogP contribution >= 0.6 is 0 Å². The fourth-order valence-electron chi connectivity index (χ4n) is 3.35. The summed E-state index contributed by atoms with van der Waals surface area (Å²) in [6.45, 7) is 5.35. The van der Waals surface area contributed by atoms with Crippen molar-refractivity contribution in [3.05, 3.63) is 57.9 Å². The first kappa shape index (κ1) is 18.6. The van der Waals surface area contributed by atoms with Crippen LogP contribution in [0.25, 0.3) is 0 Å². The van der Waals surface area contributed by atoms with Crippen LogP contribution in [0.15, 0.2) is 24.3 Å². The van der Waals surface area contributed by atoms with Crippen molar-refractivity contribution in [2.24, 2.45) is 0 Å². The predicted molar refractivity (Wildman–Crippen MR) is 95.3 cm³/mol. The second-order valence-electron chi connectivity index (χ2n) is 5.84. The van der Waals surface area contributed by atoms with E-state index in [1.165, 1.54) is 16.7 Å². The van der Waals surface area contributed by atoms with Gasteiger partial charge in [-0.1, -0.05) is 24.3 Å². The summed E-state index contributed by atoms with van der Waals surface area (Å²) in [5.74, 6) is -2.49. The Morgan fingerprint density at radius 3 is 1.56 bits per heavy atom. The third-order valence-electron chi connectivity index (χ3n) is 4.39. The van der Waals surface area contributed by atoms with Crippen LogP contribution < -0.4 is 0 Å². The van der Waals surface area contributed by atoms with E-state index < -0.39 is 23.5 Å². The number of aromatic nitrogens is 1. The van der Waals surface area contributed by atoms with Gasteiger partial charge in [0, 0.05) is 17.7 Å². The maximum absolute atomic E-state index is 13.1. The maximum Gasteiger partial charge on any atom is 0.355 e. The van der Waals surface area contributed by atoms with E-state index >= 15 is 0 Å². The summed E-state index contributed by atoms with van der Waals surface area (Å²) in [6.07, 6.45) is 0. The van der Waals surface area contributed by atoms with Crippen molar-refractivity contribution in [1.82, 2.24) is 4.57 Å². The lowest BCUT2D eigenvalue weighted by Crippen LogP contribution is -2.23. The number of nitrogens with zero attached hydrogens (tertiary/aromatic N) is 1. The number of fused-ring (bicyclic) bond motifs is 2. The number of benzene rings is 1. The first-order chi connectivity index (χ1) is 13.0. The zero-order valence-corrected chi connectivity index (χ0v) is 15.3. The Kier molecular flexibility index (Phi) is 4.94. The molecule has 0 fully saturated rings. The number of hydrogen-bond donors (Lipinski definition) is 0. The zero-order chi connectivity index (χ0) is 19.7. The minimum atomic E-state index is -0.758. The minimum absolute atomic E-state index is 0.0924. The Bertz CT molecular complexity index is 895. The summed E-state index contributed by atoms with van der Waals surface area (Å²) in [4.78, 5) is 51.4. The molecule has 0 amide bonds. The minimum Gasteiger partial charge on any atom is -0.461 e. The van der Waals surface area contributed by atoms with Crippen LogP contribution in [-0.2, 0) is 16.0 Å². The van der Waals surface area contributed by atoms with Crippen LogP contribution in [0.4, 0.5) is 0 Å². The lowest BCUT2D eigenvalue weighted by molar-refractivity contribution is 0.0500. The number of carbonyl (C=O) groups excluding carboxylic acids is 4. The average Bonchev–Trinajstić information content (AvgIpc) is 3.02. The van der Waals surface area contributed by atoms with E-state index in [0.29, 0.717) is 0 Å². The van der Waals surface area contributed by atoms with Crippen LogP contribution in [0.3, 0.4) is 0 Å². The maximum atomic E-state index is 13.1. The fourth-order valence-corrected chi connectivity index (χ4v) is 3.35. The summed E-state index contributed by atoms with van der Waals surface area (Å²) >= 11 is 0. The van der Waals surface area contributed by atoms with Crippen LogP contribution in [0.1, 0.15) is 73.6 Å². The van der Waals surface area contributed by atoms with E-state index in [0.717, 1.165) is 0 Å². The number of esters is 2. The number of ether oxygens (including phenoxy) is 2. The molecular formula is C20H19NO6. The second kappa shape index (κ2) is 7.19. The molecule has 3 rings (SSSR count). The molecule has 0 spiro atoms. The zero-order valence-electron chi connectivity index (χ0n) is 15.3. The van der Waals surface area contributed by atoms with Gasteiger partial charge in [0.15, 0.2) is 11.6 Å². The molecular weight excluding hydrogens is 350 g/mol. The van der Waals surface area contributed by atoms with Crippen LogP contribution in [0, 0.1) is 0 Å².